The first-order valence-corrected chi connectivity index (χ1v) is 12.4. The Morgan fingerprint density at radius 3 is 2.09 bits per heavy atom. The lowest BCUT2D eigenvalue weighted by Gasteiger charge is -2.34. The van der Waals surface area contributed by atoms with E-state index in [0.29, 0.717) is 23.7 Å². The molecule has 4 rings (SSSR count). The van der Waals surface area contributed by atoms with Crippen molar-refractivity contribution in [2.24, 2.45) is 5.92 Å². The van der Waals surface area contributed by atoms with Gasteiger partial charge >= 0.3 is 0 Å². The van der Waals surface area contributed by atoms with Crippen LogP contribution in [-0.2, 0) is 3.79 Å². The van der Waals surface area contributed by atoms with Crippen LogP contribution in [0.15, 0.2) is 54.6 Å². The summed E-state index contributed by atoms with van der Waals surface area (Å²) in [6.45, 7) is 7.49. The van der Waals surface area contributed by atoms with Crippen molar-refractivity contribution in [3.05, 3.63) is 60.4 Å². The van der Waals surface area contributed by atoms with E-state index in [1.165, 1.54) is 0 Å². The van der Waals surface area contributed by atoms with Gasteiger partial charge in [-0.1, -0.05) is 89.4 Å². The molecule has 1 aliphatic rings. The number of rotatable bonds is 6. The van der Waals surface area contributed by atoms with Gasteiger partial charge in [-0.25, -0.2) is 4.98 Å². The summed E-state index contributed by atoms with van der Waals surface area (Å²) in [5.74, 6) is 1.58. The zero-order valence-corrected chi connectivity index (χ0v) is 21.1. The van der Waals surface area contributed by atoms with E-state index < -0.39 is 3.79 Å². The highest BCUT2D eigenvalue weighted by atomic mass is 35.6. The Morgan fingerprint density at radius 1 is 0.879 bits per heavy atom. The van der Waals surface area contributed by atoms with Gasteiger partial charge in [0.05, 0.1) is 0 Å². The van der Waals surface area contributed by atoms with Gasteiger partial charge in [-0.2, -0.15) is 9.97 Å². The maximum absolute atomic E-state index is 6.13. The highest BCUT2D eigenvalue weighted by molar-refractivity contribution is 6.66. The first-order chi connectivity index (χ1) is 15.8. The number of aromatic nitrogens is 3. The van der Waals surface area contributed by atoms with Gasteiger partial charge in [0, 0.05) is 18.2 Å². The van der Waals surface area contributed by atoms with Crippen molar-refractivity contribution < 1.29 is 0 Å². The summed E-state index contributed by atoms with van der Waals surface area (Å²) in [6, 6.07) is 18.8. The normalized spacial score (nSPS) is 15.7. The number of piperidine rings is 1. The summed E-state index contributed by atoms with van der Waals surface area (Å²) in [7, 11) is 0. The molecule has 0 radical (unpaired) electrons. The smallest absolute Gasteiger partial charge is 0.250 e. The molecule has 8 heteroatoms. The van der Waals surface area contributed by atoms with E-state index in [0.717, 1.165) is 49.2 Å². The molecule has 0 atom stereocenters. The minimum Gasteiger partial charge on any atom is -0.354 e. The molecule has 5 nitrogen and oxygen atoms in total. The number of benzene rings is 2. The van der Waals surface area contributed by atoms with Crippen molar-refractivity contribution in [1.82, 2.24) is 19.9 Å². The average Bonchev–Trinajstić information content (AvgIpc) is 2.83. The van der Waals surface area contributed by atoms with Crippen molar-refractivity contribution in [2.45, 2.75) is 36.5 Å². The topological polar surface area (TPSA) is 53.9 Å². The van der Waals surface area contributed by atoms with E-state index in [1.807, 2.05) is 42.5 Å². The minimum absolute atomic E-state index is 0.113. The second-order valence-electron chi connectivity index (χ2n) is 8.70. The lowest BCUT2D eigenvalue weighted by Crippen LogP contribution is -2.40. The Morgan fingerprint density at radius 2 is 1.48 bits per heavy atom. The molecular formula is C25H28Cl3N5. The molecule has 1 fully saturated rings. The predicted octanol–water partition coefficient (Wildman–Crippen LogP) is 6.56. The molecule has 1 N–H and O–H groups in total. The van der Waals surface area contributed by atoms with Crippen LogP contribution in [0.4, 0.5) is 5.95 Å². The van der Waals surface area contributed by atoms with E-state index in [1.54, 1.807) is 0 Å². The highest BCUT2D eigenvalue weighted by Crippen LogP contribution is 2.37. The Balaban J connectivity index is 1.52. The maximum Gasteiger partial charge on any atom is 0.250 e. The van der Waals surface area contributed by atoms with Gasteiger partial charge < -0.3 is 10.2 Å². The van der Waals surface area contributed by atoms with E-state index in [9.17, 15) is 0 Å². The van der Waals surface area contributed by atoms with Crippen LogP contribution in [0.25, 0.3) is 22.5 Å². The van der Waals surface area contributed by atoms with Gasteiger partial charge in [0.1, 0.15) is 0 Å². The molecule has 0 spiro atoms. The molecule has 0 amide bonds. The maximum atomic E-state index is 6.13. The number of likely N-dealkylation sites (tertiary alicyclic amines) is 1. The molecular weight excluding hydrogens is 477 g/mol. The molecule has 1 aromatic heterocycles. The van der Waals surface area contributed by atoms with Crippen LogP contribution < -0.4 is 5.32 Å². The highest BCUT2D eigenvalue weighted by Gasteiger charge is 2.29. The van der Waals surface area contributed by atoms with E-state index >= 15 is 0 Å². The van der Waals surface area contributed by atoms with Gasteiger partial charge in [-0.3, -0.25) is 0 Å². The zero-order valence-electron chi connectivity index (χ0n) is 18.8. The lowest BCUT2D eigenvalue weighted by atomic mass is 9.96. The molecule has 1 aliphatic heterocycles. The van der Waals surface area contributed by atoms with Gasteiger partial charge in [-0.15, -0.1) is 0 Å². The fraction of sp³-hybridized carbons (Fsp3) is 0.400. The molecule has 174 valence electrons. The van der Waals surface area contributed by atoms with Crippen LogP contribution >= 0.6 is 34.8 Å². The molecule has 0 aliphatic carbocycles. The Bertz CT molecular complexity index is 1040. The largest absolute Gasteiger partial charge is 0.354 e. The fourth-order valence-electron chi connectivity index (χ4n) is 4.06. The number of nitrogens with one attached hydrogen (secondary N) is 1. The molecule has 0 saturated carbocycles. The summed E-state index contributed by atoms with van der Waals surface area (Å²) in [4.78, 5) is 16.0. The molecule has 2 heterocycles. The summed E-state index contributed by atoms with van der Waals surface area (Å²) in [5, 5.41) is 3.36. The van der Waals surface area contributed by atoms with Crippen molar-refractivity contribution in [3.8, 4) is 22.5 Å². The number of anilines is 1. The first-order valence-electron chi connectivity index (χ1n) is 11.3. The molecule has 3 aromatic rings. The monoisotopic (exact) mass is 503 g/mol. The summed E-state index contributed by atoms with van der Waals surface area (Å²) < 4.78 is -1.74. The number of halogens is 3. The SMILES string of the molecule is CC(C)N1CCC(CNc2nc(-c3ccc(-c4ccccc4)cc3)nc(C(Cl)(Cl)Cl)n2)CC1. The van der Waals surface area contributed by atoms with E-state index in [2.05, 4.69) is 51.1 Å². The molecule has 1 saturated heterocycles. The third-order valence-electron chi connectivity index (χ3n) is 6.07. The van der Waals surface area contributed by atoms with Crippen LogP contribution in [0.5, 0.6) is 0 Å². The number of alkyl halides is 3. The predicted molar refractivity (Wildman–Crippen MR) is 138 cm³/mol. The summed E-state index contributed by atoms with van der Waals surface area (Å²) >= 11 is 18.4. The number of hydrogen-bond acceptors (Lipinski definition) is 5. The van der Waals surface area contributed by atoms with Gasteiger partial charge in [0.25, 0.3) is 0 Å². The number of nitrogens with zero attached hydrogens (tertiary/aromatic N) is 4. The van der Waals surface area contributed by atoms with Crippen LogP contribution in [0.1, 0.15) is 32.5 Å². The average molecular weight is 505 g/mol. The standard InChI is InChI=1S/C25H28Cl3N5/c1-17(2)33-14-12-18(13-15-33)16-29-24-31-22(30-23(32-24)25(26,27)28)21-10-8-20(9-11-21)19-6-4-3-5-7-19/h3-11,17-18H,12-16H2,1-2H3,(H,29,30,31,32). The van der Waals surface area contributed by atoms with Gasteiger partial charge in [0.15, 0.2) is 11.6 Å². The molecule has 0 bridgehead atoms. The van der Waals surface area contributed by atoms with Gasteiger partial charge in [-0.05, 0) is 56.8 Å². The van der Waals surface area contributed by atoms with E-state index in [-0.39, 0.29) is 5.82 Å². The number of hydrogen-bond donors (Lipinski definition) is 1. The van der Waals surface area contributed by atoms with Crippen LogP contribution in [-0.4, -0.2) is 45.5 Å². The molecule has 2 aromatic carbocycles. The van der Waals surface area contributed by atoms with E-state index in [4.69, 9.17) is 34.8 Å². The second kappa shape index (κ2) is 10.6. The minimum atomic E-state index is -1.74. The molecule has 0 unspecified atom stereocenters. The quantitative estimate of drug-likeness (QED) is 0.385. The van der Waals surface area contributed by atoms with Crippen molar-refractivity contribution in [1.29, 1.82) is 0 Å². The summed E-state index contributed by atoms with van der Waals surface area (Å²) in [6.07, 6.45) is 2.28. The lowest BCUT2D eigenvalue weighted by molar-refractivity contribution is 0.153. The first kappa shape index (κ1) is 24.2. The third-order valence-corrected chi connectivity index (χ3v) is 6.57. The Labute approximate surface area is 210 Å². The van der Waals surface area contributed by atoms with Crippen LogP contribution in [0, 0.1) is 5.92 Å². The summed E-state index contributed by atoms with van der Waals surface area (Å²) in [5.41, 5.74) is 3.09. The van der Waals surface area contributed by atoms with Crippen LogP contribution in [0.2, 0.25) is 0 Å². The zero-order chi connectivity index (χ0) is 23.4. The Kier molecular flexibility index (Phi) is 7.75. The fourth-order valence-corrected chi connectivity index (χ4v) is 4.32. The molecule has 33 heavy (non-hydrogen) atoms. The van der Waals surface area contributed by atoms with Crippen LogP contribution in [0.3, 0.4) is 0 Å². The Hall–Kier alpha value is -1.92. The van der Waals surface area contributed by atoms with Crippen molar-refractivity contribution in [3.63, 3.8) is 0 Å². The van der Waals surface area contributed by atoms with Crippen molar-refractivity contribution >= 4 is 40.8 Å². The van der Waals surface area contributed by atoms with Crippen molar-refractivity contribution in [2.75, 3.05) is 25.0 Å². The second-order valence-corrected chi connectivity index (χ2v) is 11.0. The van der Waals surface area contributed by atoms with Gasteiger partial charge in [0.2, 0.25) is 9.74 Å². The third kappa shape index (κ3) is 6.36.